The second-order valence-corrected chi connectivity index (χ2v) is 6.03. The van der Waals surface area contributed by atoms with Crippen molar-refractivity contribution in [2.45, 2.75) is 25.9 Å². The number of alkyl halides is 3. The van der Waals surface area contributed by atoms with Gasteiger partial charge in [-0.2, -0.15) is 13.2 Å². The SMILES string of the molecule is CCOC(=O)C1CCCN(CCON=C(c2ccccc2)C(F)(F)F)C1. The predicted octanol–water partition coefficient (Wildman–Crippen LogP) is 3.24. The second kappa shape index (κ2) is 9.56. The molecule has 1 heterocycles. The first-order valence-corrected chi connectivity index (χ1v) is 8.63. The summed E-state index contributed by atoms with van der Waals surface area (Å²) in [5, 5.41) is 3.31. The fraction of sp³-hybridized carbons (Fsp3) is 0.556. The van der Waals surface area contributed by atoms with Crippen LogP contribution in [0.4, 0.5) is 13.2 Å². The maximum Gasteiger partial charge on any atom is 0.437 e. The molecule has 0 radical (unpaired) electrons. The zero-order valence-electron chi connectivity index (χ0n) is 14.7. The van der Waals surface area contributed by atoms with Crippen LogP contribution in [0.15, 0.2) is 35.5 Å². The average Bonchev–Trinajstić information content (AvgIpc) is 2.62. The molecule has 2 rings (SSSR count). The lowest BCUT2D eigenvalue weighted by Crippen LogP contribution is -2.40. The molecule has 1 unspecified atom stereocenters. The summed E-state index contributed by atoms with van der Waals surface area (Å²) >= 11 is 0. The van der Waals surface area contributed by atoms with Crippen LogP contribution in [0.25, 0.3) is 0 Å². The standard InChI is InChI=1S/C18H23F3N2O3/c1-2-25-17(24)15-9-6-10-23(13-15)11-12-26-22-16(18(19,20)21)14-7-4-3-5-8-14/h3-5,7-8,15H,2,6,9-13H2,1H3. The Kier molecular flexibility index (Phi) is 7.44. The van der Waals surface area contributed by atoms with E-state index in [1.54, 1.807) is 13.0 Å². The first-order chi connectivity index (χ1) is 12.4. The largest absolute Gasteiger partial charge is 0.466 e. The molecule has 1 aromatic carbocycles. The van der Waals surface area contributed by atoms with E-state index in [1.165, 1.54) is 24.3 Å². The van der Waals surface area contributed by atoms with E-state index in [9.17, 15) is 18.0 Å². The molecule has 1 saturated heterocycles. The van der Waals surface area contributed by atoms with Gasteiger partial charge in [-0.25, -0.2) is 0 Å². The van der Waals surface area contributed by atoms with Gasteiger partial charge in [0, 0.05) is 18.7 Å². The summed E-state index contributed by atoms with van der Waals surface area (Å²) in [5.74, 6) is -0.415. The van der Waals surface area contributed by atoms with Crippen LogP contribution in [-0.2, 0) is 14.4 Å². The van der Waals surface area contributed by atoms with Crippen LogP contribution in [0.3, 0.4) is 0 Å². The first kappa shape index (κ1) is 20.2. The molecule has 0 spiro atoms. The number of rotatable bonds is 7. The number of esters is 1. The number of likely N-dealkylation sites (tertiary alicyclic amines) is 1. The van der Waals surface area contributed by atoms with Gasteiger partial charge in [0.05, 0.1) is 12.5 Å². The number of nitrogens with zero attached hydrogens (tertiary/aromatic N) is 2. The number of carbonyl (C=O) groups is 1. The van der Waals surface area contributed by atoms with Crippen LogP contribution in [-0.4, -0.2) is 55.6 Å². The third-order valence-corrected chi connectivity index (χ3v) is 4.10. The molecule has 0 aliphatic carbocycles. The first-order valence-electron chi connectivity index (χ1n) is 8.63. The van der Waals surface area contributed by atoms with Crippen molar-refractivity contribution in [1.82, 2.24) is 4.90 Å². The van der Waals surface area contributed by atoms with Gasteiger partial charge < -0.3 is 9.57 Å². The molecular weight excluding hydrogens is 349 g/mol. The minimum atomic E-state index is -4.60. The van der Waals surface area contributed by atoms with Gasteiger partial charge in [-0.3, -0.25) is 9.69 Å². The molecule has 144 valence electrons. The van der Waals surface area contributed by atoms with Gasteiger partial charge in [0.15, 0.2) is 5.71 Å². The van der Waals surface area contributed by atoms with Crippen LogP contribution >= 0.6 is 0 Å². The summed E-state index contributed by atoms with van der Waals surface area (Å²) < 4.78 is 44.4. The third kappa shape index (κ3) is 6.01. The van der Waals surface area contributed by atoms with Crippen molar-refractivity contribution in [3.05, 3.63) is 35.9 Å². The van der Waals surface area contributed by atoms with E-state index in [0.717, 1.165) is 19.4 Å². The lowest BCUT2D eigenvalue weighted by Gasteiger charge is -2.30. The van der Waals surface area contributed by atoms with Crippen LogP contribution in [0.2, 0.25) is 0 Å². The molecule has 5 nitrogen and oxygen atoms in total. The number of benzene rings is 1. The Morgan fingerprint density at radius 2 is 2.04 bits per heavy atom. The Morgan fingerprint density at radius 1 is 1.31 bits per heavy atom. The fourth-order valence-corrected chi connectivity index (χ4v) is 2.86. The molecule has 1 atom stereocenters. The fourth-order valence-electron chi connectivity index (χ4n) is 2.86. The topological polar surface area (TPSA) is 51.1 Å². The number of hydrogen-bond donors (Lipinski definition) is 0. The summed E-state index contributed by atoms with van der Waals surface area (Å²) in [4.78, 5) is 18.7. The van der Waals surface area contributed by atoms with Gasteiger partial charge >= 0.3 is 12.1 Å². The van der Waals surface area contributed by atoms with E-state index in [0.29, 0.717) is 19.7 Å². The maximum absolute atomic E-state index is 13.1. The highest BCUT2D eigenvalue weighted by molar-refractivity contribution is 6.04. The molecule has 0 aromatic heterocycles. The predicted molar refractivity (Wildman–Crippen MR) is 90.8 cm³/mol. The third-order valence-electron chi connectivity index (χ3n) is 4.10. The van der Waals surface area contributed by atoms with Crippen molar-refractivity contribution < 1.29 is 27.5 Å². The van der Waals surface area contributed by atoms with E-state index < -0.39 is 11.9 Å². The van der Waals surface area contributed by atoms with Gasteiger partial charge in [0.1, 0.15) is 6.61 Å². The Hall–Kier alpha value is -2.09. The highest BCUT2D eigenvalue weighted by Gasteiger charge is 2.37. The van der Waals surface area contributed by atoms with Crippen molar-refractivity contribution in [1.29, 1.82) is 0 Å². The van der Waals surface area contributed by atoms with E-state index >= 15 is 0 Å². The van der Waals surface area contributed by atoms with Crippen LogP contribution < -0.4 is 0 Å². The Morgan fingerprint density at radius 3 is 2.69 bits per heavy atom. The van der Waals surface area contributed by atoms with Gasteiger partial charge in [-0.05, 0) is 26.3 Å². The molecule has 1 aromatic rings. The Labute approximate surface area is 150 Å². The lowest BCUT2D eigenvalue weighted by molar-refractivity contribution is -0.150. The lowest BCUT2D eigenvalue weighted by atomic mass is 9.98. The van der Waals surface area contributed by atoms with E-state index in [2.05, 4.69) is 5.16 Å². The normalized spacial score (nSPS) is 19.2. The molecule has 0 bridgehead atoms. The highest BCUT2D eigenvalue weighted by atomic mass is 19.4. The highest BCUT2D eigenvalue weighted by Crippen LogP contribution is 2.23. The van der Waals surface area contributed by atoms with E-state index in [4.69, 9.17) is 9.57 Å². The van der Waals surface area contributed by atoms with Gasteiger partial charge in [0.25, 0.3) is 0 Å². The van der Waals surface area contributed by atoms with Crippen molar-refractivity contribution in [2.75, 3.05) is 32.8 Å². The minimum absolute atomic E-state index is 0.0158. The molecular formula is C18H23F3N2O3. The zero-order chi connectivity index (χ0) is 19.0. The number of ether oxygens (including phenoxy) is 1. The molecule has 1 aliphatic rings. The summed E-state index contributed by atoms with van der Waals surface area (Å²) in [5.41, 5.74) is -1.10. The van der Waals surface area contributed by atoms with E-state index in [-0.39, 0.29) is 24.1 Å². The number of carbonyl (C=O) groups excluding carboxylic acids is 1. The molecule has 0 amide bonds. The molecule has 26 heavy (non-hydrogen) atoms. The summed E-state index contributed by atoms with van der Waals surface area (Å²) in [6.07, 6.45) is -2.99. The maximum atomic E-state index is 13.1. The summed E-state index contributed by atoms with van der Waals surface area (Å²) in [6.45, 7) is 3.81. The van der Waals surface area contributed by atoms with Gasteiger partial charge in [-0.15, -0.1) is 0 Å². The van der Waals surface area contributed by atoms with Gasteiger partial charge in [-0.1, -0.05) is 35.5 Å². The molecule has 0 saturated carbocycles. The van der Waals surface area contributed by atoms with Gasteiger partial charge in [0.2, 0.25) is 0 Å². The summed E-state index contributed by atoms with van der Waals surface area (Å²) in [6, 6.07) is 7.34. The van der Waals surface area contributed by atoms with Crippen molar-refractivity contribution in [3.8, 4) is 0 Å². The quantitative estimate of drug-likeness (QED) is 0.319. The number of oxime groups is 1. The molecule has 1 aliphatic heterocycles. The Bertz CT molecular complexity index is 605. The minimum Gasteiger partial charge on any atom is -0.466 e. The van der Waals surface area contributed by atoms with Crippen molar-refractivity contribution in [3.63, 3.8) is 0 Å². The Balaban J connectivity index is 1.87. The molecule has 1 fully saturated rings. The molecule has 8 heteroatoms. The monoisotopic (exact) mass is 372 g/mol. The van der Waals surface area contributed by atoms with E-state index in [1.807, 2.05) is 4.90 Å². The van der Waals surface area contributed by atoms with Crippen LogP contribution in [0.1, 0.15) is 25.3 Å². The van der Waals surface area contributed by atoms with Crippen LogP contribution in [0, 0.1) is 5.92 Å². The molecule has 0 N–H and O–H groups in total. The second-order valence-electron chi connectivity index (χ2n) is 6.03. The average molecular weight is 372 g/mol. The number of halogens is 3. The van der Waals surface area contributed by atoms with Crippen LogP contribution in [0.5, 0.6) is 0 Å². The number of piperidine rings is 1. The zero-order valence-corrected chi connectivity index (χ0v) is 14.7. The smallest absolute Gasteiger partial charge is 0.437 e. The summed E-state index contributed by atoms with van der Waals surface area (Å²) in [7, 11) is 0. The van der Waals surface area contributed by atoms with Crippen molar-refractivity contribution in [2.24, 2.45) is 11.1 Å². The number of hydrogen-bond acceptors (Lipinski definition) is 5. The van der Waals surface area contributed by atoms with Crippen molar-refractivity contribution >= 4 is 11.7 Å².